The minimum atomic E-state index is -4.64. The molecule has 5 N–H and O–H groups in total. The van der Waals surface area contributed by atoms with E-state index in [1.165, 1.54) is 4.57 Å². The molecule has 0 saturated carbocycles. The van der Waals surface area contributed by atoms with Crippen LogP contribution in [0.4, 0.5) is 5.82 Å². The first-order valence-electron chi connectivity index (χ1n) is 5.19. The van der Waals surface area contributed by atoms with Crippen molar-refractivity contribution in [3.05, 3.63) is 22.1 Å². The van der Waals surface area contributed by atoms with Crippen LogP contribution in [0.1, 0.15) is 8.68 Å². The Labute approximate surface area is 184 Å². The zero-order valence-corrected chi connectivity index (χ0v) is 18.8. The molecule has 15 heteroatoms. The second-order valence-electron chi connectivity index (χ2n) is 3.35. The molecule has 23 heavy (non-hydrogen) atoms. The number of rotatable bonds is 4. The van der Waals surface area contributed by atoms with Gasteiger partial charge in [0.25, 0.3) is 0 Å². The van der Waals surface area contributed by atoms with E-state index in [1.54, 1.807) is 6.92 Å². The Bertz CT molecular complexity index is 488. The van der Waals surface area contributed by atoms with Crippen molar-refractivity contribution in [1.82, 2.24) is 9.55 Å². The summed E-state index contributed by atoms with van der Waals surface area (Å²) in [5.74, 6) is 0.391. The Balaban J connectivity index is -0.0000000720. The van der Waals surface area contributed by atoms with E-state index >= 15 is 0 Å². The van der Waals surface area contributed by atoms with Crippen LogP contribution >= 0.6 is 19.4 Å². The van der Waals surface area contributed by atoms with Gasteiger partial charge in [0.1, 0.15) is 18.8 Å². The van der Waals surface area contributed by atoms with E-state index in [9.17, 15) is 15.2 Å². The van der Waals surface area contributed by atoms with Crippen LogP contribution < -0.4 is 59.1 Å². The van der Waals surface area contributed by atoms with Gasteiger partial charge in [0.2, 0.25) is 0 Å². The molecule has 0 bridgehead atoms. The zero-order valence-electron chi connectivity index (χ0n) is 15.2. The predicted octanol–water partition coefficient (Wildman–Crippen LogP) is -6.39. The Morgan fingerprint density at radius 3 is 2.13 bits per heavy atom. The predicted molar refractivity (Wildman–Crippen MR) is 75.0 cm³/mol. The van der Waals surface area contributed by atoms with Crippen LogP contribution in [0.2, 0.25) is 0 Å². The summed E-state index contributed by atoms with van der Waals surface area (Å²) >= 11 is 5.40. The number of phosphoric acid groups is 1. The van der Waals surface area contributed by atoms with Gasteiger partial charge in [-0.05, 0) is 4.92 Å². The number of hydrogen-bond donors (Lipinski definition) is 5. The summed E-state index contributed by atoms with van der Waals surface area (Å²) in [6, 6.07) is 0. The average Bonchev–Trinajstić information content (AvgIpc) is 2.71. The molecule has 0 amide bonds. The molecule has 0 aliphatic rings. The molecule has 128 valence electrons. The number of halogens is 1. The summed E-state index contributed by atoms with van der Waals surface area (Å²) in [4.78, 5) is 35.3. The Kier molecular flexibility index (Phi) is 22.6. The number of aromatic nitrogens is 2. The maximum Gasteiger partial charge on any atom is 1.00 e. The van der Waals surface area contributed by atoms with Crippen molar-refractivity contribution in [2.45, 2.75) is 19.6 Å². The first-order valence-corrected chi connectivity index (χ1v) is 7.29. The van der Waals surface area contributed by atoms with Crippen LogP contribution in [0.3, 0.4) is 0 Å². The Morgan fingerprint density at radius 2 is 1.83 bits per heavy atom. The van der Waals surface area contributed by atoms with Gasteiger partial charge in [-0.25, -0.2) is 14.1 Å². The van der Waals surface area contributed by atoms with Crippen molar-refractivity contribution in [1.29, 1.82) is 0 Å². The van der Waals surface area contributed by atoms with Gasteiger partial charge in [-0.3, -0.25) is 0 Å². The van der Waals surface area contributed by atoms with Crippen LogP contribution in [0, 0.1) is 17.0 Å². The van der Waals surface area contributed by atoms with Gasteiger partial charge in [0.15, 0.2) is 5.82 Å². The van der Waals surface area contributed by atoms with Gasteiger partial charge < -0.3 is 37.9 Å². The number of alkyl halides is 1. The fourth-order valence-corrected chi connectivity index (χ4v) is 1.18. The van der Waals surface area contributed by atoms with Crippen LogP contribution in [0.25, 0.3) is 0 Å². The zero-order chi connectivity index (χ0) is 17.2. The third-order valence-electron chi connectivity index (χ3n) is 1.79. The van der Waals surface area contributed by atoms with Crippen LogP contribution in [-0.4, -0.2) is 58.5 Å². The first-order chi connectivity index (χ1) is 9.56. The van der Waals surface area contributed by atoms with Gasteiger partial charge in [0.05, 0.1) is 5.88 Å². The van der Waals surface area contributed by atoms with Crippen LogP contribution in [-0.2, 0) is 11.1 Å². The summed E-state index contributed by atoms with van der Waals surface area (Å²) < 4.78 is 10.2. The second kappa shape index (κ2) is 16.4. The normalized spacial score (nSPS) is 10.6. The van der Waals surface area contributed by atoms with Crippen molar-refractivity contribution >= 4 is 25.2 Å². The number of aryl methyl sites for hydroxylation is 1. The quantitative estimate of drug-likeness (QED) is 0.109. The van der Waals surface area contributed by atoms with Crippen molar-refractivity contribution in [2.75, 3.05) is 13.0 Å². The molecule has 0 fully saturated rings. The van der Waals surface area contributed by atoms with Crippen molar-refractivity contribution in [2.24, 2.45) is 0 Å². The summed E-state index contributed by atoms with van der Waals surface area (Å²) in [7, 11) is -3.64. The summed E-state index contributed by atoms with van der Waals surface area (Å²) in [5.41, 5.74) is 0. The van der Waals surface area contributed by atoms with E-state index in [0.717, 1.165) is 13.3 Å². The number of aliphatic hydroxyl groups is 2. The van der Waals surface area contributed by atoms with Crippen LogP contribution in [0.15, 0.2) is 6.20 Å². The van der Waals surface area contributed by atoms with Gasteiger partial charge in [-0.15, -0.1) is 11.6 Å². The minimum absolute atomic E-state index is 0. The molecular weight excluding hydrogens is 379 g/mol. The van der Waals surface area contributed by atoms with E-state index in [-0.39, 0.29) is 80.2 Å². The molecule has 1 aromatic heterocycles. The number of imidazole rings is 1. The number of nitro groups is 1. The maximum absolute atomic E-state index is 10.5. The van der Waals surface area contributed by atoms with Crippen molar-refractivity contribution < 1.29 is 96.3 Å². The molecule has 1 rings (SSSR count). The van der Waals surface area contributed by atoms with Gasteiger partial charge in [0, 0.05) is 14.0 Å². The summed E-state index contributed by atoms with van der Waals surface area (Å²) in [6.45, 7) is 1.72. The van der Waals surface area contributed by atoms with E-state index in [1.807, 2.05) is 0 Å². The molecule has 0 saturated heterocycles. The molecular formula is C8H19ClN3Na2O8P. The van der Waals surface area contributed by atoms with E-state index < -0.39 is 18.8 Å². The Morgan fingerprint density at radius 1 is 1.43 bits per heavy atom. The molecule has 0 aliphatic carbocycles. The monoisotopic (exact) mass is 397 g/mol. The fraction of sp³-hybridized carbons (Fsp3) is 0.625. The first kappa shape index (κ1) is 31.7. The largest absolute Gasteiger partial charge is 1.00 e. The third-order valence-corrected chi connectivity index (χ3v) is 2.15. The Hall–Kier alpha value is 0.930. The minimum Gasteiger partial charge on any atom is -1.00 e. The maximum atomic E-state index is 10.5. The molecule has 0 aromatic carbocycles. The smallest absolute Gasteiger partial charge is 1.00 e. The van der Waals surface area contributed by atoms with Crippen LogP contribution in [0.5, 0.6) is 0 Å². The van der Waals surface area contributed by atoms with E-state index in [0.29, 0.717) is 5.82 Å². The number of hydrogen-bond acceptors (Lipinski definition) is 6. The second-order valence-corrected chi connectivity index (χ2v) is 4.69. The molecule has 0 aliphatic heterocycles. The van der Waals surface area contributed by atoms with Gasteiger partial charge >= 0.3 is 72.8 Å². The molecule has 1 unspecified atom stereocenters. The standard InChI is InChI=1S/C7H10ClN3O3.CH4O.2Na.H3O4P.2H/c1-5-9-3-7(11(13)14)10(5)4-6(12)2-8;1-2;;;1-5(2,3)4;;/h3,6,12H,2,4H2,1H3;2H,1H3;;;(H3,1,2,3,4);;/q;;2*+1;;2*-1. The number of nitrogens with zero attached hydrogens (tertiary/aromatic N) is 3. The van der Waals surface area contributed by atoms with Gasteiger partial charge in [-0.1, -0.05) is 0 Å². The molecule has 1 heterocycles. The summed E-state index contributed by atoms with van der Waals surface area (Å²) in [6.07, 6.45) is 0.360. The fourth-order valence-electron chi connectivity index (χ4n) is 1.09. The SMILES string of the molecule is CO.Cc1ncc([N+](=O)[O-])n1CC(O)CCl.O=P(O)(O)O.[H-].[H-].[Na+].[Na+]. The molecule has 1 aromatic rings. The van der Waals surface area contributed by atoms with Gasteiger partial charge in [-0.2, -0.15) is 0 Å². The van der Waals surface area contributed by atoms with E-state index in [4.69, 9.17) is 36.0 Å². The molecule has 0 radical (unpaired) electrons. The summed E-state index contributed by atoms with van der Waals surface area (Å²) in [5, 5.41) is 26.8. The number of aliphatic hydroxyl groups excluding tert-OH is 2. The van der Waals surface area contributed by atoms with E-state index in [2.05, 4.69) is 4.98 Å². The molecule has 1 atom stereocenters. The molecule has 11 nitrogen and oxygen atoms in total. The molecule has 0 spiro atoms. The van der Waals surface area contributed by atoms with Crippen molar-refractivity contribution in [3.63, 3.8) is 0 Å². The average molecular weight is 398 g/mol. The topological polar surface area (TPSA) is 179 Å². The van der Waals surface area contributed by atoms with Crippen molar-refractivity contribution in [3.8, 4) is 0 Å². The third kappa shape index (κ3) is 17.5.